The van der Waals surface area contributed by atoms with Gasteiger partial charge in [-0.2, -0.15) is 5.10 Å². The van der Waals surface area contributed by atoms with Crippen LogP contribution in [0.15, 0.2) is 12.4 Å². The van der Waals surface area contributed by atoms with Crippen LogP contribution < -0.4 is 4.74 Å². The van der Waals surface area contributed by atoms with Gasteiger partial charge in [-0.1, -0.05) is 36.7 Å². The highest BCUT2D eigenvalue weighted by Crippen LogP contribution is 2.20. The van der Waals surface area contributed by atoms with E-state index in [2.05, 4.69) is 41.8 Å². The van der Waals surface area contributed by atoms with Crippen LogP contribution in [0.25, 0.3) is 0 Å². The maximum Gasteiger partial charge on any atom is 0.157 e. The summed E-state index contributed by atoms with van der Waals surface area (Å²) in [5.41, 5.74) is 0.160. The lowest BCUT2D eigenvalue weighted by molar-refractivity contribution is 0.203. The number of hydrogen-bond acceptors (Lipinski definition) is 2. The molecule has 0 aliphatic rings. The van der Waals surface area contributed by atoms with Crippen molar-refractivity contribution < 1.29 is 4.74 Å². The van der Waals surface area contributed by atoms with Crippen molar-refractivity contribution in [1.82, 2.24) is 9.78 Å². The van der Waals surface area contributed by atoms with E-state index in [4.69, 9.17) is 4.74 Å². The number of hydrogen-bond donors (Lipinski definition) is 0. The quantitative estimate of drug-likeness (QED) is 0.746. The maximum atomic E-state index is 5.68. The van der Waals surface area contributed by atoms with Crippen LogP contribution >= 0.6 is 15.9 Å². The average molecular weight is 275 g/mol. The van der Waals surface area contributed by atoms with Crippen molar-refractivity contribution in [2.75, 3.05) is 11.9 Å². The van der Waals surface area contributed by atoms with Crippen molar-refractivity contribution in [1.29, 1.82) is 0 Å². The SMILES string of the molecule is CCCn1cc(OCC(C)(C)CBr)cn1. The van der Waals surface area contributed by atoms with Gasteiger partial charge in [0.25, 0.3) is 0 Å². The Labute approximate surface area is 99.9 Å². The third kappa shape index (κ3) is 4.24. The van der Waals surface area contributed by atoms with Crippen LogP contribution in [0.5, 0.6) is 5.75 Å². The second-order valence-electron chi connectivity index (χ2n) is 4.53. The molecular weight excluding hydrogens is 256 g/mol. The lowest BCUT2D eigenvalue weighted by Gasteiger charge is -2.20. The molecule has 1 aromatic heterocycles. The number of rotatable bonds is 6. The smallest absolute Gasteiger partial charge is 0.157 e. The summed E-state index contributed by atoms with van der Waals surface area (Å²) >= 11 is 3.47. The summed E-state index contributed by atoms with van der Waals surface area (Å²) in [5, 5.41) is 5.15. The normalized spacial score (nSPS) is 11.7. The van der Waals surface area contributed by atoms with Gasteiger partial charge in [0.2, 0.25) is 0 Å². The highest BCUT2D eigenvalue weighted by Gasteiger charge is 2.17. The van der Waals surface area contributed by atoms with Gasteiger partial charge in [0.05, 0.1) is 19.0 Å². The molecule has 4 heteroatoms. The monoisotopic (exact) mass is 274 g/mol. The standard InChI is InChI=1S/C11H19BrN2O/c1-4-5-14-7-10(6-13-14)15-9-11(2,3)8-12/h6-7H,4-5,8-9H2,1-3H3. The zero-order valence-corrected chi connectivity index (χ0v) is 11.2. The Hall–Kier alpha value is -0.510. The molecule has 0 atom stereocenters. The summed E-state index contributed by atoms with van der Waals surface area (Å²) in [4.78, 5) is 0. The van der Waals surface area contributed by atoms with Gasteiger partial charge in [0.1, 0.15) is 0 Å². The van der Waals surface area contributed by atoms with Crippen molar-refractivity contribution in [3.05, 3.63) is 12.4 Å². The van der Waals surface area contributed by atoms with E-state index in [9.17, 15) is 0 Å². The predicted molar refractivity (Wildman–Crippen MR) is 65.6 cm³/mol. The van der Waals surface area contributed by atoms with Crippen molar-refractivity contribution >= 4 is 15.9 Å². The van der Waals surface area contributed by atoms with Gasteiger partial charge in [-0.3, -0.25) is 4.68 Å². The van der Waals surface area contributed by atoms with Crippen LogP contribution in [0, 0.1) is 5.41 Å². The first kappa shape index (κ1) is 12.6. The number of halogens is 1. The number of nitrogens with zero attached hydrogens (tertiary/aromatic N) is 2. The minimum Gasteiger partial charge on any atom is -0.490 e. The van der Waals surface area contributed by atoms with Gasteiger partial charge in [-0.05, 0) is 6.42 Å². The lowest BCUT2D eigenvalue weighted by atomic mass is 9.99. The Morgan fingerprint density at radius 3 is 2.87 bits per heavy atom. The first-order valence-corrected chi connectivity index (χ1v) is 6.41. The Morgan fingerprint density at radius 2 is 2.27 bits per heavy atom. The van der Waals surface area contributed by atoms with E-state index >= 15 is 0 Å². The number of aryl methyl sites for hydroxylation is 1. The molecule has 0 aliphatic heterocycles. The average Bonchev–Trinajstić information content (AvgIpc) is 2.64. The van der Waals surface area contributed by atoms with Crippen LogP contribution in [-0.2, 0) is 6.54 Å². The Bertz CT molecular complexity index is 297. The fourth-order valence-corrected chi connectivity index (χ4v) is 1.25. The molecule has 0 unspecified atom stereocenters. The molecule has 0 amide bonds. The lowest BCUT2D eigenvalue weighted by Crippen LogP contribution is -2.22. The summed E-state index contributed by atoms with van der Waals surface area (Å²) in [6.07, 6.45) is 4.82. The zero-order valence-electron chi connectivity index (χ0n) is 9.66. The molecule has 15 heavy (non-hydrogen) atoms. The van der Waals surface area contributed by atoms with Gasteiger partial charge in [-0.25, -0.2) is 0 Å². The molecule has 86 valence electrons. The molecule has 0 radical (unpaired) electrons. The van der Waals surface area contributed by atoms with E-state index in [0.717, 1.165) is 24.0 Å². The molecule has 0 spiro atoms. The summed E-state index contributed by atoms with van der Waals surface area (Å²) in [5.74, 6) is 0.859. The van der Waals surface area contributed by atoms with Crippen molar-refractivity contribution in [2.24, 2.45) is 5.41 Å². The number of alkyl halides is 1. The van der Waals surface area contributed by atoms with Crippen LogP contribution in [0.2, 0.25) is 0 Å². The highest BCUT2D eigenvalue weighted by atomic mass is 79.9. The molecular formula is C11H19BrN2O. The van der Waals surface area contributed by atoms with E-state index < -0.39 is 0 Å². The molecule has 0 saturated carbocycles. The van der Waals surface area contributed by atoms with Gasteiger partial charge in [0, 0.05) is 17.3 Å². The zero-order chi connectivity index (χ0) is 11.3. The fourth-order valence-electron chi connectivity index (χ4n) is 1.09. The topological polar surface area (TPSA) is 27.1 Å². The molecule has 0 aliphatic carbocycles. The number of aromatic nitrogens is 2. The summed E-state index contributed by atoms with van der Waals surface area (Å²) in [7, 11) is 0. The minimum absolute atomic E-state index is 0.160. The van der Waals surface area contributed by atoms with E-state index in [1.807, 2.05) is 10.9 Å². The van der Waals surface area contributed by atoms with E-state index in [1.165, 1.54) is 0 Å². The summed E-state index contributed by atoms with van der Waals surface area (Å²) in [6, 6.07) is 0. The predicted octanol–water partition coefficient (Wildman–Crippen LogP) is 3.09. The molecule has 0 bridgehead atoms. The van der Waals surface area contributed by atoms with Crippen LogP contribution in [-0.4, -0.2) is 21.7 Å². The van der Waals surface area contributed by atoms with Crippen LogP contribution in [0.3, 0.4) is 0 Å². The molecule has 0 aromatic carbocycles. The molecule has 0 fully saturated rings. The van der Waals surface area contributed by atoms with Gasteiger partial charge in [0.15, 0.2) is 5.75 Å². The molecule has 1 aromatic rings. The summed E-state index contributed by atoms with van der Waals surface area (Å²) < 4.78 is 7.59. The van der Waals surface area contributed by atoms with Crippen molar-refractivity contribution in [3.8, 4) is 5.75 Å². The van der Waals surface area contributed by atoms with E-state index in [0.29, 0.717) is 6.61 Å². The maximum absolute atomic E-state index is 5.68. The van der Waals surface area contributed by atoms with Crippen molar-refractivity contribution in [2.45, 2.75) is 33.7 Å². The first-order valence-electron chi connectivity index (χ1n) is 5.28. The third-order valence-electron chi connectivity index (χ3n) is 2.05. The Morgan fingerprint density at radius 1 is 1.53 bits per heavy atom. The molecule has 0 saturated heterocycles. The van der Waals surface area contributed by atoms with Gasteiger partial charge in [-0.15, -0.1) is 0 Å². The number of ether oxygens (including phenoxy) is 1. The van der Waals surface area contributed by atoms with Crippen molar-refractivity contribution in [3.63, 3.8) is 0 Å². The van der Waals surface area contributed by atoms with Gasteiger partial charge < -0.3 is 4.74 Å². The third-order valence-corrected chi connectivity index (χ3v) is 3.57. The Kier molecular flexibility index (Phi) is 4.64. The van der Waals surface area contributed by atoms with Crippen LogP contribution in [0.1, 0.15) is 27.2 Å². The van der Waals surface area contributed by atoms with Gasteiger partial charge >= 0.3 is 0 Å². The molecule has 1 rings (SSSR count). The largest absolute Gasteiger partial charge is 0.490 e. The fraction of sp³-hybridized carbons (Fsp3) is 0.727. The highest BCUT2D eigenvalue weighted by molar-refractivity contribution is 9.09. The second kappa shape index (κ2) is 5.54. The first-order chi connectivity index (χ1) is 7.07. The molecule has 0 N–H and O–H groups in total. The van der Waals surface area contributed by atoms with E-state index in [1.54, 1.807) is 6.20 Å². The second-order valence-corrected chi connectivity index (χ2v) is 5.09. The Balaban J connectivity index is 2.44. The molecule has 3 nitrogen and oxygen atoms in total. The molecule has 1 heterocycles. The van der Waals surface area contributed by atoms with E-state index in [-0.39, 0.29) is 5.41 Å². The summed E-state index contributed by atoms with van der Waals surface area (Å²) in [6.45, 7) is 8.12. The van der Waals surface area contributed by atoms with Crippen LogP contribution in [0.4, 0.5) is 0 Å². The minimum atomic E-state index is 0.160.